The molecule has 3 heterocycles. The molecule has 0 aromatic carbocycles. The topological polar surface area (TPSA) is 92.5 Å². The maximum atomic E-state index is 13.2. The molecule has 9 heteroatoms. The van der Waals surface area contributed by atoms with Crippen molar-refractivity contribution in [2.24, 2.45) is 7.05 Å². The molecular weight excluding hydrogens is 362 g/mol. The van der Waals surface area contributed by atoms with Crippen molar-refractivity contribution in [2.45, 2.75) is 60.0 Å². The van der Waals surface area contributed by atoms with Crippen LogP contribution in [0.15, 0.2) is 9.59 Å². The highest BCUT2D eigenvalue weighted by atomic mass is 16.5. The summed E-state index contributed by atoms with van der Waals surface area (Å²) in [5.74, 6) is 0.208. The zero-order chi connectivity index (χ0) is 20.7. The van der Waals surface area contributed by atoms with E-state index in [1.807, 2.05) is 18.2 Å². The smallest absolute Gasteiger partial charge is 0.332 e. The third-order valence-electron chi connectivity index (χ3n) is 5.44. The lowest BCUT2D eigenvalue weighted by molar-refractivity contribution is -0.143. The maximum absolute atomic E-state index is 13.2. The maximum Gasteiger partial charge on any atom is 0.332 e. The molecule has 0 aliphatic carbocycles. The number of carbonyl (C=O) groups excluding carboxylic acids is 1. The number of nitrogens with zero attached hydrogens (tertiary/aromatic N) is 5. The van der Waals surface area contributed by atoms with Crippen LogP contribution >= 0.6 is 0 Å². The summed E-state index contributed by atoms with van der Waals surface area (Å²) in [6.07, 6.45) is 0.874. The highest BCUT2D eigenvalue weighted by molar-refractivity contribution is 5.76. The van der Waals surface area contributed by atoms with E-state index in [1.54, 1.807) is 14.0 Å². The molecule has 0 radical (unpaired) electrons. The summed E-state index contributed by atoms with van der Waals surface area (Å²) in [5, 5.41) is 0. The van der Waals surface area contributed by atoms with Gasteiger partial charge >= 0.3 is 11.7 Å². The predicted molar refractivity (Wildman–Crippen MR) is 106 cm³/mol. The van der Waals surface area contributed by atoms with Crippen molar-refractivity contribution >= 4 is 22.9 Å². The molecule has 1 atom stereocenters. The first-order valence-electron chi connectivity index (χ1n) is 9.59. The summed E-state index contributed by atoms with van der Waals surface area (Å²) in [6, 6.07) is 0.205. The van der Waals surface area contributed by atoms with Crippen LogP contribution < -0.4 is 11.2 Å². The number of ether oxygens (including phenoxy) is 1. The normalized spacial score (nSPS) is 12.8. The van der Waals surface area contributed by atoms with Gasteiger partial charge in [-0.1, -0.05) is 6.92 Å². The Bertz CT molecular complexity index is 1180. The monoisotopic (exact) mass is 389 g/mol. The van der Waals surface area contributed by atoms with Crippen molar-refractivity contribution in [1.29, 1.82) is 0 Å². The lowest BCUT2D eigenvalue weighted by Gasteiger charge is -2.13. The van der Waals surface area contributed by atoms with Gasteiger partial charge in [-0.2, -0.15) is 4.98 Å². The summed E-state index contributed by atoms with van der Waals surface area (Å²) in [6.45, 7) is 10.1. The number of esters is 1. The molecule has 0 aliphatic rings. The van der Waals surface area contributed by atoms with E-state index in [0.717, 1.165) is 22.4 Å². The summed E-state index contributed by atoms with van der Waals surface area (Å²) in [7, 11) is 1.59. The van der Waals surface area contributed by atoms with Gasteiger partial charge in [0.1, 0.15) is 0 Å². The molecule has 0 spiro atoms. The fraction of sp³-hybridized carbons (Fsp3) is 0.579. The number of hydrogen-bond acceptors (Lipinski definition) is 5. The first-order chi connectivity index (χ1) is 13.2. The molecule has 152 valence electrons. The van der Waals surface area contributed by atoms with Gasteiger partial charge < -0.3 is 9.30 Å². The van der Waals surface area contributed by atoms with Crippen molar-refractivity contribution in [2.75, 3.05) is 6.61 Å². The molecule has 0 bridgehead atoms. The Morgan fingerprint density at radius 3 is 2.46 bits per heavy atom. The molecule has 0 amide bonds. The molecule has 9 nitrogen and oxygen atoms in total. The second kappa shape index (κ2) is 7.29. The Balaban J connectivity index is 2.30. The van der Waals surface area contributed by atoms with E-state index >= 15 is 0 Å². The minimum Gasteiger partial charge on any atom is -0.466 e. The fourth-order valence-corrected chi connectivity index (χ4v) is 3.62. The standard InChI is InChI=1S/C19H27N5O4/c1-7-11(3)23-12(4)13(5)24-15-16(20-18(23)24)21(6)19(27)22(17(15)26)10-9-14(25)28-8-2/h11H,7-10H2,1-6H3/t11-/m0/s1. The summed E-state index contributed by atoms with van der Waals surface area (Å²) < 4.78 is 11.3. The van der Waals surface area contributed by atoms with E-state index in [0.29, 0.717) is 16.9 Å². The highest BCUT2D eigenvalue weighted by Gasteiger charge is 2.24. The molecule has 0 fully saturated rings. The third-order valence-corrected chi connectivity index (χ3v) is 5.44. The minimum atomic E-state index is -0.494. The minimum absolute atomic E-state index is 0.0301. The van der Waals surface area contributed by atoms with Crippen LogP contribution in [0.3, 0.4) is 0 Å². The van der Waals surface area contributed by atoms with Gasteiger partial charge in [0, 0.05) is 31.0 Å². The molecule has 0 saturated heterocycles. The van der Waals surface area contributed by atoms with Gasteiger partial charge in [-0.3, -0.25) is 23.1 Å². The van der Waals surface area contributed by atoms with Gasteiger partial charge in [-0.05, 0) is 34.1 Å². The Morgan fingerprint density at radius 1 is 1.18 bits per heavy atom. The zero-order valence-corrected chi connectivity index (χ0v) is 17.3. The number of carbonyl (C=O) groups is 1. The number of rotatable bonds is 6. The third kappa shape index (κ3) is 2.85. The van der Waals surface area contributed by atoms with Crippen molar-refractivity contribution in [3.63, 3.8) is 0 Å². The zero-order valence-electron chi connectivity index (χ0n) is 17.3. The van der Waals surface area contributed by atoms with Gasteiger partial charge in [0.25, 0.3) is 5.56 Å². The summed E-state index contributed by atoms with van der Waals surface area (Å²) >= 11 is 0. The predicted octanol–water partition coefficient (Wildman–Crippen LogP) is 1.69. The molecular formula is C19H27N5O4. The first kappa shape index (κ1) is 19.9. The van der Waals surface area contributed by atoms with E-state index in [2.05, 4.69) is 23.4 Å². The number of fused-ring (bicyclic) bond motifs is 3. The van der Waals surface area contributed by atoms with Crippen LogP contribution in [0.1, 0.15) is 51.0 Å². The van der Waals surface area contributed by atoms with Crippen molar-refractivity contribution in [1.82, 2.24) is 23.1 Å². The van der Waals surface area contributed by atoms with Crippen LogP contribution in [0.2, 0.25) is 0 Å². The number of hydrogen-bond donors (Lipinski definition) is 0. The quantitative estimate of drug-likeness (QED) is 0.598. The number of imidazole rings is 2. The lowest BCUT2D eigenvalue weighted by Crippen LogP contribution is -2.40. The Labute approximate surface area is 162 Å². The Morgan fingerprint density at radius 2 is 1.86 bits per heavy atom. The molecule has 0 aliphatic heterocycles. The largest absolute Gasteiger partial charge is 0.466 e. The van der Waals surface area contributed by atoms with E-state index in [4.69, 9.17) is 4.74 Å². The van der Waals surface area contributed by atoms with Crippen molar-refractivity contribution in [3.8, 4) is 0 Å². The van der Waals surface area contributed by atoms with Gasteiger partial charge in [-0.15, -0.1) is 0 Å². The van der Waals surface area contributed by atoms with Crippen molar-refractivity contribution < 1.29 is 9.53 Å². The Kier molecular flexibility index (Phi) is 5.18. The van der Waals surface area contributed by atoms with Gasteiger partial charge in [-0.25, -0.2) is 4.79 Å². The second-order valence-corrected chi connectivity index (χ2v) is 7.07. The van der Waals surface area contributed by atoms with Gasteiger partial charge in [0.2, 0.25) is 5.78 Å². The SMILES string of the molecule is CCOC(=O)CCn1c(=O)c2c(nc3n([C@@H](C)CC)c(C)c(C)n23)n(C)c1=O. The molecule has 3 rings (SSSR count). The van der Waals surface area contributed by atoms with E-state index in [1.165, 1.54) is 4.57 Å². The van der Waals surface area contributed by atoms with Gasteiger partial charge in [0.05, 0.1) is 13.0 Å². The number of aryl methyl sites for hydroxylation is 2. The van der Waals surface area contributed by atoms with Crippen molar-refractivity contribution in [3.05, 3.63) is 32.2 Å². The van der Waals surface area contributed by atoms with E-state index in [9.17, 15) is 14.4 Å². The molecule has 0 saturated carbocycles. The average molecular weight is 389 g/mol. The molecule has 3 aromatic rings. The molecule has 3 aromatic heterocycles. The fourth-order valence-electron chi connectivity index (χ4n) is 3.62. The van der Waals surface area contributed by atoms with Crippen LogP contribution in [-0.2, 0) is 23.1 Å². The Hall–Kier alpha value is -2.84. The van der Waals surface area contributed by atoms with Crippen LogP contribution in [0.4, 0.5) is 0 Å². The second-order valence-electron chi connectivity index (χ2n) is 7.07. The van der Waals surface area contributed by atoms with Crippen LogP contribution in [0.25, 0.3) is 16.9 Å². The number of aromatic nitrogens is 5. The summed E-state index contributed by atoms with van der Waals surface area (Å²) in [4.78, 5) is 42.2. The highest BCUT2D eigenvalue weighted by Crippen LogP contribution is 2.25. The average Bonchev–Trinajstić information content (AvgIpc) is 3.15. The molecule has 28 heavy (non-hydrogen) atoms. The van der Waals surface area contributed by atoms with E-state index < -0.39 is 17.2 Å². The van der Waals surface area contributed by atoms with Gasteiger partial charge in [0.15, 0.2) is 11.2 Å². The van der Waals surface area contributed by atoms with Crippen LogP contribution in [0, 0.1) is 13.8 Å². The lowest BCUT2D eigenvalue weighted by atomic mass is 10.2. The van der Waals surface area contributed by atoms with Crippen LogP contribution in [-0.4, -0.2) is 35.7 Å². The van der Waals surface area contributed by atoms with Crippen LogP contribution in [0.5, 0.6) is 0 Å². The summed E-state index contributed by atoms with van der Waals surface area (Å²) in [5.41, 5.74) is 1.70. The first-order valence-corrected chi connectivity index (χ1v) is 9.59. The van der Waals surface area contributed by atoms with E-state index in [-0.39, 0.29) is 25.6 Å². The molecule has 0 unspecified atom stereocenters. The molecule has 0 N–H and O–H groups in total.